The number of benzene rings is 2. The van der Waals surface area contributed by atoms with Gasteiger partial charge in [0.15, 0.2) is 12.7 Å². The van der Waals surface area contributed by atoms with Gasteiger partial charge in [0.05, 0.1) is 0 Å². The third kappa shape index (κ3) is 3.87. The van der Waals surface area contributed by atoms with Crippen molar-refractivity contribution in [2.75, 3.05) is 18.1 Å². The maximum Gasteiger partial charge on any atom is 0.344 e. The molecule has 5 heteroatoms. The van der Waals surface area contributed by atoms with E-state index in [2.05, 4.69) is 0 Å². The first-order valence-electron chi connectivity index (χ1n) is 8.74. The van der Waals surface area contributed by atoms with Crippen LogP contribution in [0.4, 0.5) is 5.69 Å². The second kappa shape index (κ2) is 7.60. The van der Waals surface area contributed by atoms with E-state index in [4.69, 9.17) is 9.47 Å². The van der Waals surface area contributed by atoms with Gasteiger partial charge in [-0.2, -0.15) is 0 Å². The highest BCUT2D eigenvalue weighted by Crippen LogP contribution is 2.28. The number of hydrogen-bond acceptors (Lipinski definition) is 4. The minimum atomic E-state index is -0.851. The summed E-state index contributed by atoms with van der Waals surface area (Å²) in [6, 6.07) is 13.5. The number of rotatable bonds is 5. The Bertz CT molecular complexity index is 831. The fraction of sp³-hybridized carbons (Fsp3) is 0.333. The molecule has 1 heterocycles. The number of amides is 1. The summed E-state index contributed by atoms with van der Waals surface area (Å²) in [5.74, 6) is -0.131. The van der Waals surface area contributed by atoms with Crippen LogP contribution in [0.15, 0.2) is 42.5 Å². The van der Waals surface area contributed by atoms with Crippen LogP contribution in [-0.2, 0) is 20.7 Å². The van der Waals surface area contributed by atoms with Crippen molar-refractivity contribution in [3.05, 3.63) is 59.2 Å². The van der Waals surface area contributed by atoms with Gasteiger partial charge in [-0.3, -0.25) is 4.79 Å². The average Bonchev–Trinajstić information content (AvgIpc) is 3.04. The summed E-state index contributed by atoms with van der Waals surface area (Å²) < 4.78 is 10.8. The number of anilines is 1. The van der Waals surface area contributed by atoms with Crippen LogP contribution >= 0.6 is 0 Å². The van der Waals surface area contributed by atoms with Crippen LogP contribution in [-0.4, -0.2) is 31.1 Å². The summed E-state index contributed by atoms with van der Waals surface area (Å²) in [5.41, 5.74) is 4.11. The molecule has 0 saturated carbocycles. The van der Waals surface area contributed by atoms with E-state index < -0.39 is 12.1 Å². The molecule has 1 atom stereocenters. The van der Waals surface area contributed by atoms with Gasteiger partial charge in [0.2, 0.25) is 0 Å². The molecule has 0 N–H and O–H groups in total. The molecule has 136 valence electrons. The van der Waals surface area contributed by atoms with Crippen molar-refractivity contribution >= 4 is 17.6 Å². The van der Waals surface area contributed by atoms with Crippen LogP contribution in [0, 0.1) is 13.8 Å². The molecule has 0 aromatic heterocycles. The number of fused-ring (bicyclic) bond motifs is 1. The zero-order chi connectivity index (χ0) is 18.7. The Morgan fingerprint density at radius 2 is 1.92 bits per heavy atom. The molecule has 0 saturated heterocycles. The topological polar surface area (TPSA) is 55.8 Å². The minimum Gasteiger partial charge on any atom is -0.482 e. The Balaban J connectivity index is 1.55. The quantitative estimate of drug-likeness (QED) is 0.775. The predicted molar refractivity (Wildman–Crippen MR) is 99.5 cm³/mol. The van der Waals surface area contributed by atoms with Crippen molar-refractivity contribution in [2.45, 2.75) is 33.3 Å². The largest absolute Gasteiger partial charge is 0.482 e. The molecule has 0 spiro atoms. The van der Waals surface area contributed by atoms with E-state index in [1.165, 1.54) is 0 Å². The maximum absolute atomic E-state index is 12.6. The van der Waals surface area contributed by atoms with Crippen molar-refractivity contribution in [3.8, 4) is 5.75 Å². The number of carbonyl (C=O) groups is 2. The fourth-order valence-corrected chi connectivity index (χ4v) is 3.17. The van der Waals surface area contributed by atoms with Crippen LogP contribution in [0.25, 0.3) is 0 Å². The molecule has 1 aliphatic rings. The number of nitrogens with zero attached hydrogens (tertiary/aromatic N) is 1. The lowest BCUT2D eigenvalue weighted by molar-refractivity contribution is -0.155. The molecule has 0 bridgehead atoms. The van der Waals surface area contributed by atoms with Crippen molar-refractivity contribution in [1.29, 1.82) is 0 Å². The normalized spacial score (nSPS) is 13.9. The van der Waals surface area contributed by atoms with E-state index in [-0.39, 0.29) is 12.5 Å². The van der Waals surface area contributed by atoms with Gasteiger partial charge in [-0.25, -0.2) is 4.79 Å². The first-order chi connectivity index (χ1) is 12.5. The van der Waals surface area contributed by atoms with Crippen LogP contribution < -0.4 is 9.64 Å². The number of para-hydroxylation sites is 1. The standard InChI is InChI=1S/C21H23NO4/c1-14-8-9-19(15(2)12-14)25-13-20(23)26-16(3)21(24)22-11-10-17-6-4-5-7-18(17)22/h4-9,12,16H,10-11,13H2,1-3H3/t16-/m1/s1. The van der Waals surface area contributed by atoms with E-state index in [1.54, 1.807) is 11.8 Å². The third-order valence-corrected chi connectivity index (χ3v) is 4.49. The Kier molecular flexibility index (Phi) is 5.26. The summed E-state index contributed by atoms with van der Waals surface area (Å²) in [5, 5.41) is 0. The fourth-order valence-electron chi connectivity index (χ4n) is 3.17. The lowest BCUT2D eigenvalue weighted by Crippen LogP contribution is -2.39. The van der Waals surface area contributed by atoms with Crippen LogP contribution in [0.3, 0.4) is 0 Å². The highest BCUT2D eigenvalue weighted by Gasteiger charge is 2.29. The first-order valence-corrected chi connectivity index (χ1v) is 8.74. The van der Waals surface area contributed by atoms with E-state index in [1.807, 2.05) is 56.3 Å². The van der Waals surface area contributed by atoms with Gasteiger partial charge in [0.1, 0.15) is 5.75 Å². The summed E-state index contributed by atoms with van der Waals surface area (Å²) in [6.07, 6.45) is -0.0327. The number of hydrogen-bond donors (Lipinski definition) is 0. The second-order valence-electron chi connectivity index (χ2n) is 6.56. The van der Waals surface area contributed by atoms with Gasteiger partial charge in [0, 0.05) is 12.2 Å². The smallest absolute Gasteiger partial charge is 0.344 e. The number of carbonyl (C=O) groups excluding carboxylic acids is 2. The Morgan fingerprint density at radius 3 is 2.69 bits per heavy atom. The Morgan fingerprint density at radius 1 is 1.15 bits per heavy atom. The molecule has 3 rings (SSSR count). The summed E-state index contributed by atoms with van der Waals surface area (Å²) in [4.78, 5) is 26.3. The second-order valence-corrected chi connectivity index (χ2v) is 6.56. The predicted octanol–water partition coefficient (Wildman–Crippen LogP) is 3.20. The SMILES string of the molecule is Cc1ccc(OCC(=O)O[C@H](C)C(=O)N2CCc3ccccc32)c(C)c1. The van der Waals surface area contributed by atoms with Crippen LogP contribution in [0.1, 0.15) is 23.6 Å². The van der Waals surface area contributed by atoms with E-state index in [0.717, 1.165) is 28.8 Å². The van der Waals surface area contributed by atoms with Crippen molar-refractivity contribution in [3.63, 3.8) is 0 Å². The van der Waals surface area contributed by atoms with Gasteiger partial charge in [-0.15, -0.1) is 0 Å². The molecule has 0 fully saturated rings. The summed E-state index contributed by atoms with van der Waals surface area (Å²) in [6.45, 7) is 5.90. The van der Waals surface area contributed by atoms with Gasteiger partial charge in [-0.1, -0.05) is 35.9 Å². The molecule has 2 aromatic carbocycles. The molecular weight excluding hydrogens is 330 g/mol. The molecule has 0 radical (unpaired) electrons. The minimum absolute atomic E-state index is 0.213. The van der Waals surface area contributed by atoms with Crippen molar-refractivity contribution < 1.29 is 19.1 Å². The maximum atomic E-state index is 12.6. The van der Waals surface area contributed by atoms with Crippen molar-refractivity contribution in [1.82, 2.24) is 0 Å². The molecule has 2 aromatic rings. The number of ether oxygens (including phenoxy) is 2. The Hall–Kier alpha value is -2.82. The molecule has 0 aliphatic carbocycles. The third-order valence-electron chi connectivity index (χ3n) is 4.49. The summed E-state index contributed by atoms with van der Waals surface area (Å²) in [7, 11) is 0. The number of esters is 1. The number of aryl methyl sites for hydroxylation is 2. The van der Waals surface area contributed by atoms with Gasteiger partial charge >= 0.3 is 5.97 Å². The molecule has 1 amide bonds. The molecule has 5 nitrogen and oxygen atoms in total. The zero-order valence-electron chi connectivity index (χ0n) is 15.3. The van der Waals surface area contributed by atoms with Crippen molar-refractivity contribution in [2.24, 2.45) is 0 Å². The van der Waals surface area contributed by atoms with Gasteiger partial charge < -0.3 is 14.4 Å². The molecule has 26 heavy (non-hydrogen) atoms. The van der Waals surface area contributed by atoms with E-state index in [0.29, 0.717) is 12.3 Å². The van der Waals surface area contributed by atoms with Gasteiger partial charge in [-0.05, 0) is 50.5 Å². The van der Waals surface area contributed by atoms with Crippen LogP contribution in [0.2, 0.25) is 0 Å². The molecule has 1 aliphatic heterocycles. The molecule has 0 unspecified atom stereocenters. The lowest BCUT2D eigenvalue weighted by Gasteiger charge is -2.21. The van der Waals surface area contributed by atoms with E-state index in [9.17, 15) is 9.59 Å². The zero-order valence-corrected chi connectivity index (χ0v) is 15.3. The molecular formula is C21H23NO4. The highest BCUT2D eigenvalue weighted by atomic mass is 16.6. The summed E-state index contributed by atoms with van der Waals surface area (Å²) >= 11 is 0. The highest BCUT2D eigenvalue weighted by molar-refractivity contribution is 5.99. The van der Waals surface area contributed by atoms with Crippen LogP contribution in [0.5, 0.6) is 5.75 Å². The monoisotopic (exact) mass is 353 g/mol. The van der Waals surface area contributed by atoms with E-state index >= 15 is 0 Å². The average molecular weight is 353 g/mol. The lowest BCUT2D eigenvalue weighted by atomic mass is 10.1. The first kappa shape index (κ1) is 18.0. The van der Waals surface area contributed by atoms with Gasteiger partial charge in [0.25, 0.3) is 5.91 Å². The Labute approximate surface area is 153 Å².